The van der Waals surface area contributed by atoms with Crippen LogP contribution in [0.3, 0.4) is 0 Å². The molecule has 3 rings (SSSR count). The lowest BCUT2D eigenvalue weighted by molar-refractivity contribution is -0.127. The molecule has 1 amide bonds. The van der Waals surface area contributed by atoms with E-state index < -0.39 is 18.0 Å². The van der Waals surface area contributed by atoms with Crippen molar-refractivity contribution in [3.63, 3.8) is 0 Å². The Balaban J connectivity index is 1.76. The first kappa shape index (κ1) is 21.2. The van der Waals surface area contributed by atoms with E-state index in [1.807, 2.05) is 0 Å². The topological polar surface area (TPSA) is 107 Å². The van der Waals surface area contributed by atoms with E-state index in [0.717, 1.165) is 29.8 Å². The van der Waals surface area contributed by atoms with Crippen molar-refractivity contribution in [1.82, 2.24) is 4.90 Å². The Kier molecular flexibility index (Phi) is 6.61. The Bertz CT molecular complexity index is 964. The number of aromatic carboxylic acids is 2. The first-order chi connectivity index (χ1) is 14.4. The van der Waals surface area contributed by atoms with E-state index >= 15 is 0 Å². The summed E-state index contributed by atoms with van der Waals surface area (Å²) in [6.07, 6.45) is 3.00. The second kappa shape index (κ2) is 9.35. The van der Waals surface area contributed by atoms with Crippen molar-refractivity contribution in [2.45, 2.75) is 45.2 Å². The van der Waals surface area contributed by atoms with Crippen LogP contribution in [-0.4, -0.2) is 44.8 Å². The SMILES string of the molecule is CCCCC1=NC(Cc2ccc(C(=O)O)cc2)C(=O)N1Cc1ccc(C(=O)O)cc1. The summed E-state index contributed by atoms with van der Waals surface area (Å²) in [4.78, 5) is 41.5. The highest BCUT2D eigenvalue weighted by molar-refractivity contribution is 6.06. The molecule has 7 heteroatoms. The van der Waals surface area contributed by atoms with E-state index in [1.165, 1.54) is 24.3 Å². The highest BCUT2D eigenvalue weighted by atomic mass is 16.4. The van der Waals surface area contributed by atoms with E-state index in [1.54, 1.807) is 29.2 Å². The van der Waals surface area contributed by atoms with E-state index in [4.69, 9.17) is 10.2 Å². The van der Waals surface area contributed by atoms with Crippen LogP contribution in [0, 0.1) is 0 Å². The normalized spacial score (nSPS) is 15.9. The molecule has 2 aromatic carbocycles. The monoisotopic (exact) mass is 408 g/mol. The molecule has 1 aliphatic heterocycles. The van der Waals surface area contributed by atoms with E-state index in [9.17, 15) is 14.4 Å². The van der Waals surface area contributed by atoms with Crippen LogP contribution in [0.15, 0.2) is 53.5 Å². The number of aliphatic imine (C=N–C) groups is 1. The second-order valence-electron chi connectivity index (χ2n) is 7.30. The molecule has 0 aromatic heterocycles. The van der Waals surface area contributed by atoms with Gasteiger partial charge in [0.2, 0.25) is 0 Å². The molecule has 2 N–H and O–H groups in total. The van der Waals surface area contributed by atoms with Crippen LogP contribution in [0.1, 0.15) is 58.0 Å². The van der Waals surface area contributed by atoms with Gasteiger partial charge in [-0.15, -0.1) is 0 Å². The number of carboxylic acids is 2. The molecular formula is C23H24N2O5. The first-order valence-electron chi connectivity index (χ1n) is 9.91. The van der Waals surface area contributed by atoms with Gasteiger partial charge in [0.1, 0.15) is 11.9 Å². The molecule has 0 saturated carbocycles. The minimum atomic E-state index is -0.988. The van der Waals surface area contributed by atoms with Crippen LogP contribution < -0.4 is 0 Å². The number of nitrogens with zero attached hydrogens (tertiary/aromatic N) is 2. The van der Waals surface area contributed by atoms with Crippen LogP contribution in [0.4, 0.5) is 0 Å². The third-order valence-electron chi connectivity index (χ3n) is 5.09. The fourth-order valence-corrected chi connectivity index (χ4v) is 3.39. The highest BCUT2D eigenvalue weighted by Crippen LogP contribution is 2.22. The Labute approximate surface area is 174 Å². The fraction of sp³-hybridized carbons (Fsp3) is 0.304. The summed E-state index contributed by atoms with van der Waals surface area (Å²) in [7, 11) is 0. The first-order valence-corrected chi connectivity index (χ1v) is 9.91. The number of carbonyl (C=O) groups excluding carboxylic acids is 1. The maximum absolute atomic E-state index is 13.1. The molecule has 2 aromatic rings. The molecule has 0 radical (unpaired) electrons. The second-order valence-corrected chi connectivity index (χ2v) is 7.30. The average Bonchev–Trinajstić information content (AvgIpc) is 3.02. The summed E-state index contributed by atoms with van der Waals surface area (Å²) in [5.74, 6) is -1.32. The van der Waals surface area contributed by atoms with Gasteiger partial charge in [-0.3, -0.25) is 14.7 Å². The Hall–Kier alpha value is -3.48. The number of carbonyl (C=O) groups is 3. The molecule has 1 heterocycles. The molecule has 1 unspecified atom stereocenters. The zero-order valence-electron chi connectivity index (χ0n) is 16.7. The van der Waals surface area contributed by atoms with Gasteiger partial charge in [-0.2, -0.15) is 0 Å². The molecule has 0 aliphatic carbocycles. The van der Waals surface area contributed by atoms with Gasteiger partial charge in [0.05, 0.1) is 17.7 Å². The van der Waals surface area contributed by atoms with Crippen molar-refractivity contribution in [3.8, 4) is 0 Å². The third-order valence-corrected chi connectivity index (χ3v) is 5.09. The molecule has 30 heavy (non-hydrogen) atoms. The van der Waals surface area contributed by atoms with E-state index in [2.05, 4.69) is 11.9 Å². The molecule has 7 nitrogen and oxygen atoms in total. The van der Waals surface area contributed by atoms with Gasteiger partial charge in [-0.05, 0) is 41.8 Å². The van der Waals surface area contributed by atoms with Crippen molar-refractivity contribution in [2.24, 2.45) is 4.99 Å². The summed E-state index contributed by atoms with van der Waals surface area (Å²) in [5.41, 5.74) is 2.10. The van der Waals surface area contributed by atoms with Gasteiger partial charge in [0, 0.05) is 12.8 Å². The van der Waals surface area contributed by atoms with E-state index in [0.29, 0.717) is 19.4 Å². The average molecular weight is 408 g/mol. The van der Waals surface area contributed by atoms with E-state index in [-0.39, 0.29) is 17.0 Å². The van der Waals surface area contributed by atoms with Crippen LogP contribution in [0.25, 0.3) is 0 Å². The molecule has 0 saturated heterocycles. The Morgan fingerprint density at radius 3 is 1.97 bits per heavy atom. The maximum atomic E-state index is 13.1. The molecule has 0 fully saturated rings. The van der Waals surface area contributed by atoms with Gasteiger partial charge in [0.15, 0.2) is 0 Å². The predicted molar refractivity (Wildman–Crippen MR) is 112 cm³/mol. The number of benzene rings is 2. The highest BCUT2D eigenvalue weighted by Gasteiger charge is 2.34. The van der Waals surface area contributed by atoms with Gasteiger partial charge in [-0.25, -0.2) is 9.59 Å². The van der Waals surface area contributed by atoms with Crippen LogP contribution >= 0.6 is 0 Å². The number of rotatable bonds is 9. The van der Waals surface area contributed by atoms with Gasteiger partial charge >= 0.3 is 11.9 Å². The molecular weight excluding hydrogens is 384 g/mol. The summed E-state index contributed by atoms with van der Waals surface area (Å²) in [5, 5.41) is 18.1. The summed E-state index contributed by atoms with van der Waals surface area (Å²) in [6, 6.07) is 12.4. The largest absolute Gasteiger partial charge is 0.478 e. The third kappa shape index (κ3) is 4.92. The van der Waals surface area contributed by atoms with Gasteiger partial charge < -0.3 is 10.2 Å². The number of hydrogen-bond acceptors (Lipinski definition) is 4. The number of amidine groups is 1. The number of amides is 1. The van der Waals surface area contributed by atoms with Crippen molar-refractivity contribution in [1.29, 1.82) is 0 Å². The molecule has 1 aliphatic rings. The Morgan fingerprint density at radius 2 is 1.47 bits per heavy atom. The van der Waals surface area contributed by atoms with Crippen LogP contribution in [0.5, 0.6) is 0 Å². The van der Waals surface area contributed by atoms with Crippen molar-refractivity contribution < 1.29 is 24.6 Å². The summed E-state index contributed by atoms with van der Waals surface area (Å²) in [6.45, 7) is 2.42. The zero-order chi connectivity index (χ0) is 21.7. The molecule has 0 bridgehead atoms. The number of hydrogen-bond donors (Lipinski definition) is 2. The van der Waals surface area contributed by atoms with Gasteiger partial charge in [-0.1, -0.05) is 37.6 Å². The smallest absolute Gasteiger partial charge is 0.335 e. The van der Waals surface area contributed by atoms with Gasteiger partial charge in [0.25, 0.3) is 5.91 Å². The summed E-state index contributed by atoms with van der Waals surface area (Å²) < 4.78 is 0. The quantitative estimate of drug-likeness (QED) is 0.659. The molecule has 156 valence electrons. The molecule has 1 atom stereocenters. The number of carboxylic acid groups (broad SMARTS) is 2. The predicted octanol–water partition coefficient (Wildman–Crippen LogP) is 3.63. The van der Waals surface area contributed by atoms with Crippen LogP contribution in [-0.2, 0) is 17.8 Å². The van der Waals surface area contributed by atoms with Crippen molar-refractivity contribution in [3.05, 3.63) is 70.8 Å². The lowest BCUT2D eigenvalue weighted by Gasteiger charge is -2.19. The minimum Gasteiger partial charge on any atom is -0.478 e. The van der Waals surface area contributed by atoms with Crippen molar-refractivity contribution >= 4 is 23.7 Å². The fourth-order valence-electron chi connectivity index (χ4n) is 3.39. The minimum absolute atomic E-state index is 0.0919. The lowest BCUT2D eigenvalue weighted by Crippen LogP contribution is -2.35. The summed E-state index contributed by atoms with van der Waals surface area (Å²) >= 11 is 0. The Morgan fingerprint density at radius 1 is 0.933 bits per heavy atom. The zero-order valence-corrected chi connectivity index (χ0v) is 16.7. The van der Waals surface area contributed by atoms with Crippen molar-refractivity contribution in [2.75, 3.05) is 0 Å². The maximum Gasteiger partial charge on any atom is 0.335 e. The lowest BCUT2D eigenvalue weighted by atomic mass is 10.0. The standard InChI is InChI=1S/C23H24N2O5/c1-2-3-4-20-24-19(13-15-5-9-17(10-6-15)22(27)28)21(26)25(20)14-16-7-11-18(12-8-16)23(29)30/h5-12,19H,2-4,13-14H2,1H3,(H,27,28)(H,29,30). The number of unbranched alkanes of at least 4 members (excludes halogenated alkanes) is 1. The molecule has 0 spiro atoms. The van der Waals surface area contributed by atoms with Crippen LogP contribution in [0.2, 0.25) is 0 Å².